The highest BCUT2D eigenvalue weighted by molar-refractivity contribution is 7.80. The summed E-state index contributed by atoms with van der Waals surface area (Å²) in [6.07, 6.45) is 1.10. The third-order valence-corrected chi connectivity index (χ3v) is 4.96. The summed E-state index contributed by atoms with van der Waals surface area (Å²) in [4.78, 5) is 4.08. The average molecular weight is 342 g/mol. The molecule has 1 aromatic rings. The van der Waals surface area contributed by atoms with Crippen LogP contribution in [0.5, 0.6) is 0 Å². The van der Waals surface area contributed by atoms with Crippen LogP contribution in [-0.4, -0.2) is 50.2 Å². The molecule has 0 radical (unpaired) electrons. The predicted molar refractivity (Wildman–Crippen MR) is 96.0 cm³/mol. The maximum Gasteiger partial charge on any atom is 0.186 e. The zero-order valence-corrected chi connectivity index (χ0v) is 14.9. The average Bonchev–Trinajstić information content (AvgIpc) is 2.97. The summed E-state index contributed by atoms with van der Waals surface area (Å²) < 4.78 is 5.36. The Morgan fingerprint density at radius 1 is 1.41 bits per heavy atom. The van der Waals surface area contributed by atoms with Crippen LogP contribution in [0.15, 0.2) is 17.2 Å². The lowest BCUT2D eigenvalue weighted by Crippen LogP contribution is -3.14. The van der Waals surface area contributed by atoms with Crippen LogP contribution in [-0.2, 0) is 4.74 Å². The highest BCUT2D eigenvalue weighted by atomic mass is 32.1. The van der Waals surface area contributed by atoms with Gasteiger partial charge in [0.05, 0.1) is 30.3 Å². The van der Waals surface area contributed by atoms with E-state index in [9.17, 15) is 0 Å². The van der Waals surface area contributed by atoms with Crippen LogP contribution in [0.4, 0.5) is 0 Å². The molecule has 0 amide bonds. The summed E-state index contributed by atoms with van der Waals surface area (Å²) in [7, 11) is 0. The Kier molecular flexibility index (Phi) is 7.24. The summed E-state index contributed by atoms with van der Waals surface area (Å²) >= 11 is 6.98. The Morgan fingerprint density at radius 2 is 2.18 bits per heavy atom. The van der Waals surface area contributed by atoms with Gasteiger partial charge in [-0.2, -0.15) is 5.10 Å². The molecule has 0 spiro atoms. The molecule has 0 aromatic carbocycles. The number of quaternary nitrogens is 1. The van der Waals surface area contributed by atoms with Gasteiger partial charge in [0.15, 0.2) is 5.11 Å². The smallest absolute Gasteiger partial charge is 0.186 e. The number of morpholine rings is 1. The second-order valence-electron chi connectivity index (χ2n) is 5.44. The van der Waals surface area contributed by atoms with Crippen molar-refractivity contribution in [3.05, 3.63) is 21.9 Å². The monoisotopic (exact) mass is 341 g/mol. The molecule has 2 rings (SSSR count). The van der Waals surface area contributed by atoms with Crippen molar-refractivity contribution < 1.29 is 9.64 Å². The maximum absolute atomic E-state index is 5.36. The van der Waals surface area contributed by atoms with E-state index in [0.29, 0.717) is 5.11 Å². The van der Waals surface area contributed by atoms with Crippen molar-refractivity contribution in [3.8, 4) is 0 Å². The summed E-state index contributed by atoms with van der Waals surface area (Å²) in [6, 6.07) is 4.19. The van der Waals surface area contributed by atoms with Crippen LogP contribution in [0.25, 0.3) is 0 Å². The number of hydrogen-bond donors (Lipinski definition) is 3. The first kappa shape index (κ1) is 17.3. The molecule has 1 aromatic heterocycles. The van der Waals surface area contributed by atoms with Crippen molar-refractivity contribution in [1.29, 1.82) is 0 Å². The van der Waals surface area contributed by atoms with E-state index in [-0.39, 0.29) is 0 Å². The Hall–Kier alpha value is -1.02. The minimum atomic E-state index is 0.588. The largest absolute Gasteiger partial charge is 0.370 e. The summed E-state index contributed by atoms with van der Waals surface area (Å²) in [5.41, 5.74) is 3.88. The van der Waals surface area contributed by atoms with Crippen LogP contribution < -0.4 is 15.6 Å². The maximum atomic E-state index is 5.36. The van der Waals surface area contributed by atoms with Gasteiger partial charge in [-0.1, -0.05) is 0 Å². The highest BCUT2D eigenvalue weighted by Gasteiger charge is 2.12. The van der Waals surface area contributed by atoms with Gasteiger partial charge >= 0.3 is 0 Å². The van der Waals surface area contributed by atoms with Crippen LogP contribution in [0.1, 0.15) is 23.1 Å². The van der Waals surface area contributed by atoms with E-state index in [2.05, 4.69) is 34.9 Å². The molecule has 3 N–H and O–H groups in total. The van der Waals surface area contributed by atoms with E-state index in [1.807, 2.05) is 6.92 Å². The fourth-order valence-electron chi connectivity index (χ4n) is 2.31. The van der Waals surface area contributed by atoms with Gasteiger partial charge in [0, 0.05) is 17.8 Å². The van der Waals surface area contributed by atoms with Gasteiger partial charge in [0.1, 0.15) is 13.1 Å². The van der Waals surface area contributed by atoms with E-state index >= 15 is 0 Å². The first-order valence-corrected chi connectivity index (χ1v) is 8.94. The van der Waals surface area contributed by atoms with Crippen LogP contribution in [0.3, 0.4) is 0 Å². The second-order valence-corrected chi connectivity index (χ2v) is 7.14. The van der Waals surface area contributed by atoms with E-state index in [1.165, 1.54) is 9.75 Å². The molecular formula is C15H25N4OS2+. The van der Waals surface area contributed by atoms with E-state index in [0.717, 1.165) is 51.5 Å². The van der Waals surface area contributed by atoms with Crippen molar-refractivity contribution in [2.75, 3.05) is 39.4 Å². The van der Waals surface area contributed by atoms with Crippen molar-refractivity contribution in [2.24, 2.45) is 5.10 Å². The predicted octanol–water partition coefficient (Wildman–Crippen LogP) is 0.550. The molecule has 22 heavy (non-hydrogen) atoms. The van der Waals surface area contributed by atoms with E-state index in [4.69, 9.17) is 17.0 Å². The Balaban J connectivity index is 1.61. The molecule has 1 aliphatic rings. The minimum Gasteiger partial charge on any atom is -0.370 e. The first-order chi connectivity index (χ1) is 10.6. The summed E-state index contributed by atoms with van der Waals surface area (Å²) in [5.74, 6) is 0. The molecule has 122 valence electrons. The highest BCUT2D eigenvalue weighted by Crippen LogP contribution is 2.15. The number of nitrogens with one attached hydrogen (secondary N) is 3. The Bertz CT molecular complexity index is 509. The summed E-state index contributed by atoms with van der Waals surface area (Å²) in [5, 5.41) is 8.12. The fourth-order valence-corrected chi connectivity index (χ4v) is 3.27. The third-order valence-electron chi connectivity index (χ3n) is 3.61. The summed E-state index contributed by atoms with van der Waals surface area (Å²) in [6.45, 7) is 10.1. The van der Waals surface area contributed by atoms with Crippen LogP contribution in [0.2, 0.25) is 0 Å². The second kappa shape index (κ2) is 9.19. The molecule has 1 saturated heterocycles. The molecule has 1 aliphatic heterocycles. The number of thiophene rings is 1. The number of nitrogens with zero attached hydrogens (tertiary/aromatic N) is 1. The lowest BCUT2D eigenvalue weighted by atomic mass is 10.3. The van der Waals surface area contributed by atoms with Gasteiger partial charge in [-0.15, -0.1) is 11.3 Å². The van der Waals surface area contributed by atoms with Gasteiger partial charge in [-0.3, -0.25) is 5.43 Å². The molecule has 0 bridgehead atoms. The molecule has 7 heteroatoms. The SMILES string of the molecule is C/C(=N/NC(=S)NCCC[NH+]1CCOCC1)c1ccc(C)s1. The number of rotatable bonds is 6. The minimum absolute atomic E-state index is 0.588. The molecular weight excluding hydrogens is 316 g/mol. The zero-order valence-electron chi connectivity index (χ0n) is 13.3. The van der Waals surface area contributed by atoms with Gasteiger partial charge in [-0.25, -0.2) is 0 Å². The van der Waals surface area contributed by atoms with Gasteiger partial charge < -0.3 is 15.0 Å². The molecule has 5 nitrogen and oxygen atoms in total. The number of hydrogen-bond acceptors (Lipinski definition) is 4. The topological polar surface area (TPSA) is 50.1 Å². The third kappa shape index (κ3) is 6.00. The number of hydrazone groups is 1. The van der Waals surface area contributed by atoms with Crippen LogP contribution in [0, 0.1) is 6.92 Å². The number of thiocarbonyl (C=S) groups is 1. The molecule has 0 saturated carbocycles. The lowest BCUT2D eigenvalue weighted by molar-refractivity contribution is -0.908. The van der Waals surface area contributed by atoms with Gasteiger partial charge in [0.25, 0.3) is 0 Å². The fraction of sp³-hybridized carbons (Fsp3) is 0.600. The van der Waals surface area contributed by atoms with Crippen molar-refractivity contribution >= 4 is 34.4 Å². The van der Waals surface area contributed by atoms with Gasteiger partial charge in [0.2, 0.25) is 0 Å². The zero-order chi connectivity index (χ0) is 15.8. The molecule has 0 aliphatic carbocycles. The van der Waals surface area contributed by atoms with Crippen molar-refractivity contribution in [2.45, 2.75) is 20.3 Å². The molecule has 2 heterocycles. The van der Waals surface area contributed by atoms with Crippen LogP contribution >= 0.6 is 23.6 Å². The number of aryl methyl sites for hydroxylation is 1. The van der Waals surface area contributed by atoms with Crippen molar-refractivity contribution in [3.63, 3.8) is 0 Å². The van der Waals surface area contributed by atoms with E-state index < -0.39 is 0 Å². The van der Waals surface area contributed by atoms with Gasteiger partial charge in [-0.05, 0) is 38.2 Å². The molecule has 0 atom stereocenters. The Labute approximate surface area is 141 Å². The van der Waals surface area contributed by atoms with E-state index in [1.54, 1.807) is 16.2 Å². The standard InChI is InChI=1S/C15H24N4OS2/c1-12-4-5-14(22-12)13(2)17-18-15(21)16-6-3-7-19-8-10-20-11-9-19/h4-5H,3,6-11H2,1-2H3,(H2,16,18,21)/p+1/b17-13-. The quantitative estimate of drug-likeness (QED) is 0.306. The normalized spacial score (nSPS) is 16.5. The first-order valence-electron chi connectivity index (χ1n) is 7.71. The van der Waals surface area contributed by atoms with Crippen molar-refractivity contribution in [1.82, 2.24) is 10.7 Å². The number of ether oxygens (including phenoxy) is 1. The lowest BCUT2D eigenvalue weighted by Gasteiger charge is -2.23. The Morgan fingerprint density at radius 3 is 2.86 bits per heavy atom. The molecule has 1 fully saturated rings. The molecule has 0 unspecified atom stereocenters.